The number of piperidine rings is 1. The van der Waals surface area contributed by atoms with Crippen LogP contribution in [0.1, 0.15) is 30.4 Å². The fourth-order valence-corrected chi connectivity index (χ4v) is 6.11. The van der Waals surface area contributed by atoms with Crippen LogP contribution < -0.4 is 0 Å². The Labute approximate surface area is 179 Å². The summed E-state index contributed by atoms with van der Waals surface area (Å²) in [6.07, 6.45) is 3.88. The summed E-state index contributed by atoms with van der Waals surface area (Å²) >= 11 is 0. The number of ether oxygens (including phenoxy) is 1. The summed E-state index contributed by atoms with van der Waals surface area (Å²) in [4.78, 5) is 17.6. The van der Waals surface area contributed by atoms with Crippen molar-refractivity contribution in [3.8, 4) is 0 Å². The highest BCUT2D eigenvalue weighted by Crippen LogP contribution is 2.57. The summed E-state index contributed by atoms with van der Waals surface area (Å²) < 4.78 is 5.95. The monoisotopic (exact) mass is 404 g/mol. The maximum atomic E-state index is 12.9. The van der Waals surface area contributed by atoms with Gasteiger partial charge in [-0.1, -0.05) is 60.7 Å². The minimum absolute atomic E-state index is 0.260. The molecule has 0 unspecified atom stereocenters. The minimum Gasteiger partial charge on any atom is -0.381 e. The predicted octanol–water partition coefficient (Wildman–Crippen LogP) is 3.76. The lowest BCUT2D eigenvalue weighted by atomic mass is 9.60. The van der Waals surface area contributed by atoms with Gasteiger partial charge in [0.25, 0.3) is 0 Å². The summed E-state index contributed by atoms with van der Waals surface area (Å²) in [6.45, 7) is 6.81. The van der Waals surface area contributed by atoms with E-state index in [0.717, 1.165) is 70.8 Å². The minimum atomic E-state index is 0.260. The molecule has 3 aliphatic rings. The fourth-order valence-electron chi connectivity index (χ4n) is 6.11. The third-order valence-corrected chi connectivity index (χ3v) is 7.80. The van der Waals surface area contributed by atoms with Crippen molar-refractivity contribution in [2.75, 3.05) is 39.4 Å². The number of benzene rings is 2. The third-order valence-electron chi connectivity index (χ3n) is 7.80. The first-order valence-electron chi connectivity index (χ1n) is 11.3. The zero-order chi connectivity index (χ0) is 20.4. The van der Waals surface area contributed by atoms with Gasteiger partial charge in [0, 0.05) is 44.7 Å². The van der Waals surface area contributed by atoms with Crippen LogP contribution in [0.15, 0.2) is 60.7 Å². The average molecular weight is 405 g/mol. The fraction of sp³-hybridized carbons (Fsp3) is 0.500. The molecule has 158 valence electrons. The molecule has 1 amide bonds. The molecule has 4 nitrogen and oxygen atoms in total. The number of carbonyl (C=O) groups excluding carboxylic acids is 1. The number of hydrogen-bond acceptors (Lipinski definition) is 3. The second-order valence-electron chi connectivity index (χ2n) is 9.54. The highest BCUT2D eigenvalue weighted by Gasteiger charge is 2.59. The number of amides is 1. The van der Waals surface area contributed by atoms with Crippen LogP contribution in [0.3, 0.4) is 0 Å². The third kappa shape index (κ3) is 3.67. The van der Waals surface area contributed by atoms with Gasteiger partial charge in [-0.05, 0) is 35.8 Å². The second kappa shape index (κ2) is 8.16. The van der Waals surface area contributed by atoms with Crippen LogP contribution in [0.25, 0.3) is 0 Å². The molecular weight excluding hydrogens is 372 g/mol. The van der Waals surface area contributed by atoms with E-state index in [0.29, 0.717) is 6.42 Å². The zero-order valence-electron chi connectivity index (χ0n) is 17.8. The van der Waals surface area contributed by atoms with Crippen molar-refractivity contribution >= 4 is 5.91 Å². The number of carbonyl (C=O) groups is 1. The van der Waals surface area contributed by atoms with Crippen molar-refractivity contribution in [1.82, 2.24) is 9.80 Å². The number of fused-ring (bicyclic) bond motifs is 1. The van der Waals surface area contributed by atoms with Crippen LogP contribution in [0.5, 0.6) is 0 Å². The molecule has 3 heterocycles. The molecule has 0 saturated carbocycles. The van der Waals surface area contributed by atoms with Crippen LogP contribution in [-0.4, -0.2) is 55.1 Å². The first kappa shape index (κ1) is 19.8. The Hall–Kier alpha value is -2.17. The molecule has 0 bridgehead atoms. The Morgan fingerprint density at radius 3 is 2.10 bits per heavy atom. The van der Waals surface area contributed by atoms with E-state index in [1.807, 2.05) is 30.3 Å². The van der Waals surface area contributed by atoms with Crippen molar-refractivity contribution in [2.24, 2.45) is 10.8 Å². The largest absolute Gasteiger partial charge is 0.381 e. The predicted molar refractivity (Wildman–Crippen MR) is 118 cm³/mol. The molecule has 0 aliphatic carbocycles. The maximum Gasteiger partial charge on any atom is 0.226 e. The molecule has 2 spiro atoms. The Balaban J connectivity index is 1.27. The van der Waals surface area contributed by atoms with E-state index < -0.39 is 0 Å². The van der Waals surface area contributed by atoms with Crippen molar-refractivity contribution in [2.45, 2.75) is 32.2 Å². The van der Waals surface area contributed by atoms with Gasteiger partial charge in [0.15, 0.2) is 0 Å². The standard InChI is InChI=1S/C26H32N2O2/c29-24(17-22-7-3-1-4-8-22)28-14-11-25(12-15-28)19-27(18-23-9-5-2-6-10-23)20-26(25)13-16-30-21-26/h1-10H,11-21H2/t26-/m0/s1. The normalized spacial score (nSPS) is 25.9. The molecule has 2 aromatic carbocycles. The highest BCUT2D eigenvalue weighted by atomic mass is 16.5. The molecule has 30 heavy (non-hydrogen) atoms. The average Bonchev–Trinajstić information content (AvgIpc) is 3.36. The topological polar surface area (TPSA) is 32.8 Å². The lowest BCUT2D eigenvalue weighted by Gasteiger charge is -2.47. The molecule has 4 heteroatoms. The van der Waals surface area contributed by atoms with E-state index in [4.69, 9.17) is 4.74 Å². The van der Waals surface area contributed by atoms with Gasteiger partial charge in [-0.15, -0.1) is 0 Å². The number of likely N-dealkylation sites (tertiary alicyclic amines) is 2. The lowest BCUT2D eigenvalue weighted by Crippen LogP contribution is -2.51. The molecule has 2 aromatic rings. The van der Waals surface area contributed by atoms with Gasteiger partial charge in [0.05, 0.1) is 13.0 Å². The van der Waals surface area contributed by atoms with Gasteiger partial charge in [-0.3, -0.25) is 9.69 Å². The number of hydrogen-bond donors (Lipinski definition) is 0. The van der Waals surface area contributed by atoms with Gasteiger partial charge in [-0.25, -0.2) is 0 Å². The van der Waals surface area contributed by atoms with Gasteiger partial charge in [-0.2, -0.15) is 0 Å². The first-order chi connectivity index (χ1) is 14.7. The summed E-state index contributed by atoms with van der Waals surface area (Å²) in [5.74, 6) is 0.270. The summed E-state index contributed by atoms with van der Waals surface area (Å²) in [5.41, 5.74) is 3.04. The van der Waals surface area contributed by atoms with Crippen molar-refractivity contribution in [3.63, 3.8) is 0 Å². The van der Waals surface area contributed by atoms with E-state index in [1.54, 1.807) is 0 Å². The van der Waals surface area contributed by atoms with Crippen molar-refractivity contribution < 1.29 is 9.53 Å². The Bertz CT molecular complexity index is 853. The van der Waals surface area contributed by atoms with Gasteiger partial charge in [0.1, 0.15) is 0 Å². The van der Waals surface area contributed by atoms with Gasteiger partial charge in [0.2, 0.25) is 5.91 Å². The van der Waals surface area contributed by atoms with E-state index in [9.17, 15) is 4.79 Å². The molecule has 3 fully saturated rings. The zero-order valence-corrected chi connectivity index (χ0v) is 17.8. The Morgan fingerprint density at radius 1 is 0.833 bits per heavy atom. The molecule has 3 saturated heterocycles. The Morgan fingerprint density at radius 2 is 1.47 bits per heavy atom. The molecule has 0 N–H and O–H groups in total. The number of rotatable bonds is 4. The van der Waals surface area contributed by atoms with Crippen LogP contribution in [0, 0.1) is 10.8 Å². The molecule has 0 aromatic heterocycles. The van der Waals surface area contributed by atoms with E-state index in [-0.39, 0.29) is 16.7 Å². The molecule has 1 atom stereocenters. The smallest absolute Gasteiger partial charge is 0.226 e. The van der Waals surface area contributed by atoms with E-state index in [1.165, 1.54) is 5.56 Å². The number of nitrogens with zero attached hydrogens (tertiary/aromatic N) is 2. The second-order valence-corrected chi connectivity index (χ2v) is 9.54. The maximum absolute atomic E-state index is 12.9. The van der Waals surface area contributed by atoms with Gasteiger partial charge >= 0.3 is 0 Å². The molecular formula is C26H32N2O2. The molecule has 0 radical (unpaired) electrons. The quantitative estimate of drug-likeness (QED) is 0.778. The highest BCUT2D eigenvalue weighted by molar-refractivity contribution is 5.78. The van der Waals surface area contributed by atoms with E-state index >= 15 is 0 Å². The van der Waals surface area contributed by atoms with Crippen LogP contribution in [-0.2, 0) is 22.5 Å². The molecule has 3 aliphatic heterocycles. The van der Waals surface area contributed by atoms with Gasteiger partial charge < -0.3 is 9.64 Å². The van der Waals surface area contributed by atoms with Crippen molar-refractivity contribution in [1.29, 1.82) is 0 Å². The Kier molecular flexibility index (Phi) is 5.38. The summed E-state index contributed by atoms with van der Waals surface area (Å²) in [7, 11) is 0. The van der Waals surface area contributed by atoms with Crippen molar-refractivity contribution in [3.05, 3.63) is 71.8 Å². The molecule has 5 rings (SSSR count). The van der Waals surface area contributed by atoms with Crippen LogP contribution >= 0.6 is 0 Å². The summed E-state index contributed by atoms with van der Waals surface area (Å²) in [5, 5.41) is 0. The first-order valence-corrected chi connectivity index (χ1v) is 11.3. The SMILES string of the molecule is O=C(Cc1ccccc1)N1CCC2(CC1)CN(Cc1ccccc1)C[C@]21CCOC1. The summed E-state index contributed by atoms with van der Waals surface area (Å²) in [6, 6.07) is 20.9. The van der Waals surface area contributed by atoms with Crippen LogP contribution in [0.2, 0.25) is 0 Å². The van der Waals surface area contributed by atoms with E-state index in [2.05, 4.69) is 40.1 Å². The van der Waals surface area contributed by atoms with Crippen LogP contribution in [0.4, 0.5) is 0 Å². The lowest BCUT2D eigenvalue weighted by molar-refractivity contribution is -0.134.